The van der Waals surface area contributed by atoms with Gasteiger partial charge in [0.05, 0.1) is 0 Å². The van der Waals surface area contributed by atoms with Crippen molar-refractivity contribution in [2.24, 2.45) is 5.92 Å². The van der Waals surface area contributed by atoms with Crippen LogP contribution in [-0.4, -0.2) is 50.7 Å². The Kier molecular flexibility index (Phi) is 4.81. The third-order valence-corrected chi connectivity index (χ3v) is 5.26. The second kappa shape index (κ2) is 6.80. The molecule has 3 heteroatoms. The van der Waals surface area contributed by atoms with Crippen LogP contribution in [0.2, 0.25) is 0 Å². The number of piperazine rings is 1. The fourth-order valence-electron chi connectivity index (χ4n) is 3.68. The molecule has 1 aromatic carbocycles. The zero-order chi connectivity index (χ0) is 14.7. The Hall–Kier alpha value is -1.06. The average Bonchev–Trinajstić information content (AvgIpc) is 2.52. The van der Waals surface area contributed by atoms with Gasteiger partial charge in [0, 0.05) is 38.4 Å². The second-order valence-corrected chi connectivity index (χ2v) is 6.70. The average molecular weight is 287 g/mol. The first-order valence-electron chi connectivity index (χ1n) is 8.48. The Morgan fingerprint density at radius 1 is 1.05 bits per heavy atom. The van der Waals surface area contributed by atoms with Gasteiger partial charge in [0.1, 0.15) is 0 Å². The van der Waals surface area contributed by atoms with Crippen molar-refractivity contribution in [2.45, 2.75) is 26.7 Å². The molecule has 0 spiro atoms. The molecule has 2 fully saturated rings. The van der Waals surface area contributed by atoms with Gasteiger partial charge in [-0.05, 0) is 62.9 Å². The van der Waals surface area contributed by atoms with E-state index in [-0.39, 0.29) is 0 Å². The van der Waals surface area contributed by atoms with Crippen LogP contribution in [0.15, 0.2) is 18.2 Å². The van der Waals surface area contributed by atoms with E-state index in [2.05, 4.69) is 47.2 Å². The number of nitrogens with one attached hydrogen (secondary N) is 1. The highest BCUT2D eigenvalue weighted by Gasteiger charge is 2.22. The van der Waals surface area contributed by atoms with Crippen LogP contribution in [0.1, 0.15) is 24.0 Å². The van der Waals surface area contributed by atoms with E-state index in [1.165, 1.54) is 75.5 Å². The van der Waals surface area contributed by atoms with E-state index in [1.807, 2.05) is 0 Å². The van der Waals surface area contributed by atoms with Gasteiger partial charge in [0.25, 0.3) is 0 Å². The summed E-state index contributed by atoms with van der Waals surface area (Å²) in [4.78, 5) is 5.25. The number of aryl methyl sites for hydroxylation is 1. The van der Waals surface area contributed by atoms with Crippen molar-refractivity contribution in [3.63, 3.8) is 0 Å². The van der Waals surface area contributed by atoms with Gasteiger partial charge in [0.15, 0.2) is 0 Å². The molecule has 1 N–H and O–H groups in total. The predicted molar refractivity (Wildman–Crippen MR) is 90.2 cm³/mol. The van der Waals surface area contributed by atoms with Crippen LogP contribution in [-0.2, 0) is 0 Å². The molecule has 3 nitrogen and oxygen atoms in total. The molecule has 0 radical (unpaired) electrons. The topological polar surface area (TPSA) is 18.5 Å². The van der Waals surface area contributed by atoms with Crippen LogP contribution in [0.25, 0.3) is 0 Å². The van der Waals surface area contributed by atoms with Gasteiger partial charge in [0.2, 0.25) is 0 Å². The van der Waals surface area contributed by atoms with Gasteiger partial charge in [-0.25, -0.2) is 0 Å². The molecule has 0 bridgehead atoms. The minimum absolute atomic E-state index is 0.915. The highest BCUT2D eigenvalue weighted by atomic mass is 15.3. The lowest BCUT2D eigenvalue weighted by Crippen LogP contribution is -2.48. The van der Waals surface area contributed by atoms with Crippen LogP contribution < -0.4 is 10.2 Å². The van der Waals surface area contributed by atoms with Crippen LogP contribution in [0, 0.1) is 19.8 Å². The number of nitrogens with zero attached hydrogens (tertiary/aromatic N) is 2. The summed E-state index contributed by atoms with van der Waals surface area (Å²) in [7, 11) is 0. The Balaban J connectivity index is 1.53. The maximum absolute atomic E-state index is 3.47. The van der Waals surface area contributed by atoms with Crippen molar-refractivity contribution in [2.75, 3.05) is 50.7 Å². The third kappa shape index (κ3) is 3.58. The molecule has 116 valence electrons. The van der Waals surface area contributed by atoms with Gasteiger partial charge in [-0.2, -0.15) is 0 Å². The summed E-state index contributed by atoms with van der Waals surface area (Å²) in [6.07, 6.45) is 2.72. The van der Waals surface area contributed by atoms with Gasteiger partial charge in [-0.3, -0.25) is 4.90 Å². The van der Waals surface area contributed by atoms with E-state index >= 15 is 0 Å². The van der Waals surface area contributed by atoms with Crippen LogP contribution in [0.3, 0.4) is 0 Å². The maximum atomic E-state index is 3.47. The van der Waals surface area contributed by atoms with Crippen molar-refractivity contribution in [3.8, 4) is 0 Å². The minimum atomic E-state index is 0.915. The zero-order valence-electron chi connectivity index (χ0n) is 13.6. The summed E-state index contributed by atoms with van der Waals surface area (Å²) in [5.41, 5.74) is 4.30. The molecule has 2 aliphatic rings. The van der Waals surface area contributed by atoms with E-state index < -0.39 is 0 Å². The highest BCUT2D eigenvalue weighted by molar-refractivity contribution is 5.56. The van der Waals surface area contributed by atoms with Gasteiger partial charge < -0.3 is 10.2 Å². The minimum Gasteiger partial charge on any atom is -0.369 e. The molecule has 1 aromatic rings. The fraction of sp³-hybridized carbons (Fsp3) is 0.667. The molecule has 3 rings (SSSR count). The molecule has 2 saturated heterocycles. The zero-order valence-corrected chi connectivity index (χ0v) is 13.6. The Bertz CT molecular complexity index is 458. The fourth-order valence-corrected chi connectivity index (χ4v) is 3.68. The summed E-state index contributed by atoms with van der Waals surface area (Å²) in [6, 6.07) is 6.69. The Morgan fingerprint density at radius 3 is 2.48 bits per heavy atom. The SMILES string of the molecule is Cc1cccc(N2CCN(CC3CCNCC3)CC2)c1C. The second-order valence-electron chi connectivity index (χ2n) is 6.70. The molecular formula is C18H29N3. The van der Waals surface area contributed by atoms with Crippen molar-refractivity contribution in [3.05, 3.63) is 29.3 Å². The largest absolute Gasteiger partial charge is 0.369 e. The predicted octanol–water partition coefficient (Wildman–Crippen LogP) is 2.43. The van der Waals surface area contributed by atoms with E-state index in [0.717, 1.165) is 5.92 Å². The summed E-state index contributed by atoms with van der Waals surface area (Å²) < 4.78 is 0. The van der Waals surface area contributed by atoms with Gasteiger partial charge >= 0.3 is 0 Å². The summed E-state index contributed by atoms with van der Waals surface area (Å²) in [5.74, 6) is 0.915. The molecule has 0 saturated carbocycles. The highest BCUT2D eigenvalue weighted by Crippen LogP contribution is 2.24. The van der Waals surface area contributed by atoms with Gasteiger partial charge in [-0.1, -0.05) is 12.1 Å². The quantitative estimate of drug-likeness (QED) is 0.921. The van der Waals surface area contributed by atoms with E-state index in [4.69, 9.17) is 0 Å². The Labute approximate surface area is 129 Å². The standard InChI is InChI=1S/C18H29N3/c1-15-4-3-5-18(16(15)2)21-12-10-20(11-13-21)14-17-6-8-19-9-7-17/h3-5,17,19H,6-14H2,1-2H3. The molecule has 2 heterocycles. The van der Waals surface area contributed by atoms with Crippen molar-refractivity contribution >= 4 is 5.69 Å². The number of rotatable bonds is 3. The summed E-state index contributed by atoms with van der Waals surface area (Å²) in [5, 5.41) is 3.47. The monoisotopic (exact) mass is 287 g/mol. The molecule has 21 heavy (non-hydrogen) atoms. The summed E-state index contributed by atoms with van der Waals surface area (Å²) in [6.45, 7) is 13.0. The third-order valence-electron chi connectivity index (χ3n) is 5.26. The Morgan fingerprint density at radius 2 is 1.76 bits per heavy atom. The lowest BCUT2D eigenvalue weighted by Gasteiger charge is -2.39. The normalized spacial score (nSPS) is 21.7. The number of hydrogen-bond acceptors (Lipinski definition) is 3. The first kappa shape index (κ1) is 14.9. The van der Waals surface area contributed by atoms with E-state index in [1.54, 1.807) is 0 Å². The van der Waals surface area contributed by atoms with E-state index in [0.29, 0.717) is 0 Å². The smallest absolute Gasteiger partial charge is 0.0399 e. The van der Waals surface area contributed by atoms with E-state index in [9.17, 15) is 0 Å². The van der Waals surface area contributed by atoms with Crippen LogP contribution >= 0.6 is 0 Å². The van der Waals surface area contributed by atoms with Crippen molar-refractivity contribution in [1.82, 2.24) is 10.2 Å². The molecular weight excluding hydrogens is 258 g/mol. The van der Waals surface area contributed by atoms with Crippen molar-refractivity contribution in [1.29, 1.82) is 0 Å². The molecule has 0 atom stereocenters. The lowest BCUT2D eigenvalue weighted by molar-refractivity contribution is 0.196. The van der Waals surface area contributed by atoms with Crippen molar-refractivity contribution < 1.29 is 0 Å². The molecule has 0 amide bonds. The summed E-state index contributed by atoms with van der Waals surface area (Å²) >= 11 is 0. The maximum Gasteiger partial charge on any atom is 0.0399 e. The first-order valence-corrected chi connectivity index (χ1v) is 8.48. The number of anilines is 1. The van der Waals surface area contributed by atoms with Gasteiger partial charge in [-0.15, -0.1) is 0 Å². The van der Waals surface area contributed by atoms with Crippen LogP contribution in [0.5, 0.6) is 0 Å². The molecule has 2 aliphatic heterocycles. The number of benzene rings is 1. The first-order chi connectivity index (χ1) is 10.2. The molecule has 0 unspecified atom stereocenters. The lowest BCUT2D eigenvalue weighted by atomic mass is 9.97. The molecule has 0 aliphatic carbocycles. The molecule has 0 aromatic heterocycles. The number of piperidine rings is 1. The van der Waals surface area contributed by atoms with Crippen LogP contribution in [0.4, 0.5) is 5.69 Å². The number of hydrogen-bond donors (Lipinski definition) is 1.